The lowest BCUT2D eigenvalue weighted by Gasteiger charge is -2.22. The SMILES string of the molecule is CS(=O)(=O)NC[C@](N)(C(=O)O)C(=O)OCc1ccccc1. The Morgan fingerprint density at radius 1 is 1.33 bits per heavy atom. The first kappa shape index (κ1) is 17.1. The van der Waals surface area contributed by atoms with E-state index in [0.29, 0.717) is 5.56 Å². The zero-order chi connectivity index (χ0) is 16.1. The Labute approximate surface area is 122 Å². The van der Waals surface area contributed by atoms with Crippen LogP contribution in [0.1, 0.15) is 5.56 Å². The average molecular weight is 316 g/mol. The maximum absolute atomic E-state index is 11.8. The summed E-state index contributed by atoms with van der Waals surface area (Å²) in [5, 5.41) is 9.04. The minimum Gasteiger partial charge on any atom is -0.479 e. The Morgan fingerprint density at radius 2 is 1.90 bits per heavy atom. The van der Waals surface area contributed by atoms with Crippen LogP contribution in [0.25, 0.3) is 0 Å². The Bertz CT molecular complexity index is 616. The molecular weight excluding hydrogens is 300 g/mol. The van der Waals surface area contributed by atoms with Crippen molar-refractivity contribution in [1.82, 2.24) is 4.72 Å². The summed E-state index contributed by atoms with van der Waals surface area (Å²) >= 11 is 0. The van der Waals surface area contributed by atoms with Gasteiger partial charge in [-0.15, -0.1) is 0 Å². The van der Waals surface area contributed by atoms with Crippen LogP contribution in [0.5, 0.6) is 0 Å². The third-order valence-corrected chi connectivity index (χ3v) is 3.24. The molecule has 1 rings (SSSR count). The molecule has 0 aliphatic carbocycles. The van der Waals surface area contributed by atoms with Crippen LogP contribution in [0.15, 0.2) is 30.3 Å². The first-order valence-electron chi connectivity index (χ1n) is 5.83. The van der Waals surface area contributed by atoms with Crippen LogP contribution in [0.2, 0.25) is 0 Å². The van der Waals surface area contributed by atoms with Crippen LogP contribution in [-0.2, 0) is 31.0 Å². The van der Waals surface area contributed by atoms with Gasteiger partial charge >= 0.3 is 11.9 Å². The molecule has 116 valence electrons. The van der Waals surface area contributed by atoms with Crippen molar-refractivity contribution in [3.63, 3.8) is 0 Å². The number of esters is 1. The van der Waals surface area contributed by atoms with Crippen molar-refractivity contribution in [2.45, 2.75) is 12.1 Å². The lowest BCUT2D eigenvalue weighted by Crippen LogP contribution is -2.62. The van der Waals surface area contributed by atoms with Gasteiger partial charge in [0.15, 0.2) is 0 Å². The molecule has 0 bridgehead atoms. The van der Waals surface area contributed by atoms with E-state index in [9.17, 15) is 18.0 Å². The molecule has 4 N–H and O–H groups in total. The van der Waals surface area contributed by atoms with Gasteiger partial charge in [-0.1, -0.05) is 30.3 Å². The number of aliphatic carboxylic acids is 1. The number of hydrogen-bond donors (Lipinski definition) is 3. The number of rotatable bonds is 7. The summed E-state index contributed by atoms with van der Waals surface area (Å²) in [7, 11) is -3.69. The van der Waals surface area contributed by atoms with E-state index in [4.69, 9.17) is 15.6 Å². The standard InChI is InChI=1S/C12H16N2O6S/c1-21(18,19)14-8-12(13,10(15)16)11(17)20-7-9-5-3-2-4-6-9/h2-6,14H,7-8,13H2,1H3,(H,15,16)/t12-/m0/s1. The Hall–Kier alpha value is -1.97. The summed E-state index contributed by atoms with van der Waals surface area (Å²) in [4.78, 5) is 23.0. The van der Waals surface area contributed by atoms with Gasteiger partial charge in [-0.25, -0.2) is 22.7 Å². The fraction of sp³-hybridized carbons (Fsp3) is 0.333. The van der Waals surface area contributed by atoms with Crippen LogP contribution in [0, 0.1) is 0 Å². The highest BCUT2D eigenvalue weighted by Gasteiger charge is 2.44. The van der Waals surface area contributed by atoms with E-state index in [1.165, 1.54) is 0 Å². The minimum absolute atomic E-state index is 0.162. The summed E-state index contributed by atoms with van der Waals surface area (Å²) in [6, 6.07) is 8.58. The molecule has 0 fully saturated rings. The average Bonchev–Trinajstić information content (AvgIpc) is 2.42. The van der Waals surface area contributed by atoms with Gasteiger partial charge in [-0.05, 0) is 5.56 Å². The zero-order valence-electron chi connectivity index (χ0n) is 11.3. The summed E-state index contributed by atoms with van der Waals surface area (Å²) in [6.45, 7) is -0.959. The van der Waals surface area contributed by atoms with Gasteiger partial charge in [0.2, 0.25) is 15.6 Å². The number of carbonyl (C=O) groups is 2. The second-order valence-corrected chi connectivity index (χ2v) is 6.26. The van der Waals surface area contributed by atoms with Crippen LogP contribution in [0.3, 0.4) is 0 Å². The normalized spacial score (nSPS) is 14.2. The lowest BCUT2D eigenvalue weighted by atomic mass is 10.0. The Morgan fingerprint density at radius 3 is 2.38 bits per heavy atom. The van der Waals surface area contributed by atoms with E-state index in [1.807, 2.05) is 4.72 Å². The molecule has 0 saturated heterocycles. The predicted molar refractivity (Wildman–Crippen MR) is 73.6 cm³/mol. The van der Waals surface area contributed by atoms with E-state index in [2.05, 4.69) is 0 Å². The molecular formula is C12H16N2O6S. The van der Waals surface area contributed by atoms with Gasteiger partial charge in [0.25, 0.3) is 0 Å². The van der Waals surface area contributed by atoms with Gasteiger partial charge in [0, 0.05) is 0 Å². The first-order chi connectivity index (χ1) is 9.65. The third kappa shape index (κ3) is 5.14. The van der Waals surface area contributed by atoms with Crippen LogP contribution < -0.4 is 10.5 Å². The van der Waals surface area contributed by atoms with Gasteiger partial charge in [0.1, 0.15) is 6.61 Å². The highest BCUT2D eigenvalue weighted by atomic mass is 32.2. The van der Waals surface area contributed by atoms with E-state index in [0.717, 1.165) is 6.26 Å². The molecule has 21 heavy (non-hydrogen) atoms. The molecule has 9 heteroatoms. The molecule has 1 atom stereocenters. The van der Waals surface area contributed by atoms with E-state index < -0.39 is 34.0 Å². The summed E-state index contributed by atoms with van der Waals surface area (Å²) < 4.78 is 28.7. The van der Waals surface area contributed by atoms with Crippen LogP contribution in [0.4, 0.5) is 0 Å². The highest BCUT2D eigenvalue weighted by molar-refractivity contribution is 7.88. The molecule has 0 spiro atoms. The molecule has 0 radical (unpaired) electrons. The second-order valence-electron chi connectivity index (χ2n) is 4.43. The number of nitrogens with two attached hydrogens (primary N) is 1. The van der Waals surface area contributed by atoms with Gasteiger partial charge in [-0.3, -0.25) is 0 Å². The minimum atomic E-state index is -3.69. The van der Waals surface area contributed by atoms with E-state index in [1.54, 1.807) is 30.3 Å². The van der Waals surface area contributed by atoms with Crippen molar-refractivity contribution in [3.8, 4) is 0 Å². The fourth-order valence-corrected chi connectivity index (χ4v) is 1.82. The number of benzene rings is 1. The third-order valence-electron chi connectivity index (χ3n) is 2.57. The molecule has 0 aromatic heterocycles. The molecule has 0 amide bonds. The first-order valence-corrected chi connectivity index (χ1v) is 7.72. The van der Waals surface area contributed by atoms with E-state index in [-0.39, 0.29) is 6.61 Å². The van der Waals surface area contributed by atoms with Crippen molar-refractivity contribution in [1.29, 1.82) is 0 Å². The molecule has 1 aromatic rings. The number of carboxylic acid groups (broad SMARTS) is 1. The van der Waals surface area contributed by atoms with Gasteiger partial charge in [0.05, 0.1) is 12.8 Å². The summed E-state index contributed by atoms with van der Waals surface area (Å²) in [6.07, 6.45) is 0.824. The number of sulfonamides is 1. The quantitative estimate of drug-likeness (QED) is 0.436. The maximum atomic E-state index is 11.8. The number of carboxylic acids is 1. The summed E-state index contributed by atoms with van der Waals surface area (Å²) in [5.74, 6) is -2.91. The molecule has 0 aliphatic heterocycles. The van der Waals surface area contributed by atoms with Gasteiger partial charge in [-0.2, -0.15) is 0 Å². The largest absolute Gasteiger partial charge is 0.479 e. The maximum Gasteiger partial charge on any atom is 0.339 e. The predicted octanol–water partition coefficient (Wildman–Crippen LogP) is -0.939. The van der Waals surface area contributed by atoms with Crippen LogP contribution in [-0.4, -0.2) is 43.8 Å². The topological polar surface area (TPSA) is 136 Å². The molecule has 0 aliphatic rings. The lowest BCUT2D eigenvalue weighted by molar-refractivity contribution is -0.161. The number of carbonyl (C=O) groups excluding carboxylic acids is 1. The molecule has 1 aromatic carbocycles. The zero-order valence-corrected chi connectivity index (χ0v) is 12.1. The number of ether oxygens (including phenoxy) is 1. The monoisotopic (exact) mass is 316 g/mol. The van der Waals surface area contributed by atoms with Gasteiger partial charge < -0.3 is 15.6 Å². The smallest absolute Gasteiger partial charge is 0.339 e. The van der Waals surface area contributed by atoms with Crippen molar-refractivity contribution >= 4 is 22.0 Å². The second kappa shape index (κ2) is 6.66. The van der Waals surface area contributed by atoms with Crippen molar-refractivity contribution in [2.75, 3.05) is 12.8 Å². The number of nitrogens with one attached hydrogen (secondary N) is 1. The van der Waals surface area contributed by atoms with Crippen molar-refractivity contribution in [2.24, 2.45) is 5.73 Å². The highest BCUT2D eigenvalue weighted by Crippen LogP contribution is 2.08. The van der Waals surface area contributed by atoms with Crippen LogP contribution >= 0.6 is 0 Å². The molecule has 0 unspecified atom stereocenters. The summed E-state index contributed by atoms with van der Waals surface area (Å²) in [5.41, 5.74) is 3.61. The Balaban J connectivity index is 2.75. The number of hydrogen-bond acceptors (Lipinski definition) is 6. The Kier molecular flexibility index (Phi) is 5.41. The fourth-order valence-electron chi connectivity index (χ4n) is 1.33. The van der Waals surface area contributed by atoms with E-state index >= 15 is 0 Å². The van der Waals surface area contributed by atoms with Crippen molar-refractivity contribution < 1.29 is 27.9 Å². The van der Waals surface area contributed by atoms with Crippen molar-refractivity contribution in [3.05, 3.63) is 35.9 Å². The molecule has 0 saturated carbocycles. The molecule has 0 heterocycles. The molecule has 8 nitrogen and oxygen atoms in total.